The number of carbonyl (C=O) groups excluding carboxylic acids is 1. The number of ether oxygens (including phenoxy) is 1. The molecule has 2 aliphatic rings. The zero-order valence-electron chi connectivity index (χ0n) is 16.6. The lowest BCUT2D eigenvalue weighted by Gasteiger charge is -2.38. The Labute approximate surface area is 161 Å². The van der Waals surface area contributed by atoms with E-state index in [-0.39, 0.29) is 5.41 Å². The van der Waals surface area contributed by atoms with E-state index in [4.69, 9.17) is 4.74 Å². The SMILES string of the molecule is COCCCN1CC2(CCN(Cc3cc4ccccc4n3C)CC2)CC1=O. The fourth-order valence-corrected chi connectivity index (χ4v) is 4.83. The van der Waals surface area contributed by atoms with Gasteiger partial charge in [-0.05, 0) is 55.3 Å². The lowest BCUT2D eigenvalue weighted by atomic mass is 9.77. The Kier molecular flexibility index (Phi) is 5.24. The molecule has 2 saturated heterocycles. The van der Waals surface area contributed by atoms with Crippen LogP contribution in [0.5, 0.6) is 0 Å². The van der Waals surface area contributed by atoms with Crippen LogP contribution in [0.1, 0.15) is 31.4 Å². The van der Waals surface area contributed by atoms with Crippen LogP contribution in [-0.2, 0) is 23.1 Å². The van der Waals surface area contributed by atoms with E-state index in [1.165, 1.54) is 16.6 Å². The van der Waals surface area contributed by atoms with Crippen LogP contribution in [-0.4, -0.2) is 60.2 Å². The van der Waals surface area contributed by atoms with Crippen molar-refractivity contribution in [2.45, 2.75) is 32.2 Å². The summed E-state index contributed by atoms with van der Waals surface area (Å²) in [6.45, 7) is 5.68. The average molecular weight is 370 g/mol. The maximum Gasteiger partial charge on any atom is 0.223 e. The van der Waals surface area contributed by atoms with Gasteiger partial charge in [0.05, 0.1) is 0 Å². The lowest BCUT2D eigenvalue weighted by Crippen LogP contribution is -2.41. The van der Waals surface area contributed by atoms with Gasteiger partial charge >= 0.3 is 0 Å². The van der Waals surface area contributed by atoms with Gasteiger partial charge in [-0.25, -0.2) is 0 Å². The summed E-state index contributed by atoms with van der Waals surface area (Å²) < 4.78 is 7.45. The number of nitrogens with zero attached hydrogens (tertiary/aromatic N) is 3. The van der Waals surface area contributed by atoms with Crippen molar-refractivity contribution >= 4 is 16.8 Å². The Balaban J connectivity index is 1.35. The van der Waals surface area contributed by atoms with Crippen LogP contribution in [0, 0.1) is 5.41 Å². The van der Waals surface area contributed by atoms with E-state index in [9.17, 15) is 4.79 Å². The maximum absolute atomic E-state index is 12.4. The van der Waals surface area contributed by atoms with Crippen molar-refractivity contribution in [2.75, 3.05) is 39.9 Å². The number of para-hydroxylation sites is 1. The monoisotopic (exact) mass is 369 g/mol. The maximum atomic E-state index is 12.4. The largest absolute Gasteiger partial charge is 0.385 e. The quantitative estimate of drug-likeness (QED) is 0.735. The minimum Gasteiger partial charge on any atom is -0.385 e. The first-order valence-corrected chi connectivity index (χ1v) is 10.1. The van der Waals surface area contributed by atoms with Gasteiger partial charge in [0.25, 0.3) is 0 Å². The van der Waals surface area contributed by atoms with Crippen LogP contribution in [0.25, 0.3) is 10.9 Å². The van der Waals surface area contributed by atoms with Crippen LogP contribution in [0.2, 0.25) is 0 Å². The van der Waals surface area contributed by atoms with E-state index >= 15 is 0 Å². The fraction of sp³-hybridized carbons (Fsp3) is 0.591. The fourth-order valence-electron chi connectivity index (χ4n) is 4.83. The highest BCUT2D eigenvalue weighted by Gasteiger charge is 2.44. The normalized spacial score (nSPS) is 20.2. The van der Waals surface area contributed by atoms with Crippen LogP contribution >= 0.6 is 0 Å². The van der Waals surface area contributed by atoms with E-state index in [0.717, 1.165) is 65.0 Å². The first-order chi connectivity index (χ1) is 13.1. The van der Waals surface area contributed by atoms with Crippen LogP contribution < -0.4 is 0 Å². The van der Waals surface area contributed by atoms with Gasteiger partial charge in [0.2, 0.25) is 5.91 Å². The molecule has 1 aromatic heterocycles. The Morgan fingerprint density at radius 2 is 1.96 bits per heavy atom. The number of likely N-dealkylation sites (tertiary alicyclic amines) is 2. The van der Waals surface area contributed by atoms with Crippen molar-refractivity contribution in [3.63, 3.8) is 0 Å². The van der Waals surface area contributed by atoms with Gasteiger partial charge in [0, 0.05) is 58.0 Å². The van der Waals surface area contributed by atoms with E-state index in [2.05, 4.69) is 51.7 Å². The van der Waals surface area contributed by atoms with Crippen molar-refractivity contribution in [1.29, 1.82) is 0 Å². The van der Waals surface area contributed by atoms with Gasteiger partial charge in [-0.15, -0.1) is 0 Å². The number of hydrogen-bond acceptors (Lipinski definition) is 3. The number of aryl methyl sites for hydroxylation is 1. The second-order valence-electron chi connectivity index (χ2n) is 8.37. The molecular formula is C22H31N3O2. The minimum atomic E-state index is 0.208. The number of benzene rings is 1. The predicted octanol–water partition coefficient (Wildman–Crippen LogP) is 3.03. The third-order valence-electron chi connectivity index (χ3n) is 6.54. The summed E-state index contributed by atoms with van der Waals surface area (Å²) in [5, 5.41) is 1.32. The molecule has 27 heavy (non-hydrogen) atoms. The highest BCUT2D eigenvalue weighted by Crippen LogP contribution is 2.41. The van der Waals surface area contributed by atoms with Crippen molar-refractivity contribution < 1.29 is 9.53 Å². The summed E-state index contributed by atoms with van der Waals surface area (Å²) in [7, 11) is 3.88. The molecule has 0 bridgehead atoms. The van der Waals surface area contributed by atoms with E-state index in [0.29, 0.717) is 5.91 Å². The molecule has 5 nitrogen and oxygen atoms in total. The standard InChI is InChI=1S/C22H31N3O2/c1-23-19(14-18-6-3-4-7-20(18)23)16-24-11-8-22(9-12-24)15-21(26)25(17-22)10-5-13-27-2/h3-4,6-7,14H,5,8-13,15-17H2,1-2H3. The summed E-state index contributed by atoms with van der Waals surface area (Å²) in [6.07, 6.45) is 3.93. The molecule has 0 aliphatic carbocycles. The topological polar surface area (TPSA) is 37.7 Å². The highest BCUT2D eigenvalue weighted by molar-refractivity contribution is 5.81. The smallest absolute Gasteiger partial charge is 0.223 e. The zero-order valence-corrected chi connectivity index (χ0v) is 16.6. The molecule has 0 saturated carbocycles. The molecule has 0 N–H and O–H groups in total. The molecular weight excluding hydrogens is 338 g/mol. The molecule has 146 valence electrons. The van der Waals surface area contributed by atoms with Crippen LogP contribution in [0.4, 0.5) is 0 Å². The molecule has 3 heterocycles. The van der Waals surface area contributed by atoms with Gasteiger partial charge in [0.1, 0.15) is 0 Å². The third kappa shape index (κ3) is 3.76. The summed E-state index contributed by atoms with van der Waals surface area (Å²) in [5.74, 6) is 0.341. The Hall–Kier alpha value is -1.85. The number of methoxy groups -OCH3 is 1. The third-order valence-corrected chi connectivity index (χ3v) is 6.54. The molecule has 2 fully saturated rings. The number of hydrogen-bond donors (Lipinski definition) is 0. The summed E-state index contributed by atoms with van der Waals surface area (Å²) in [5.41, 5.74) is 2.88. The van der Waals surface area contributed by atoms with Gasteiger partial charge < -0.3 is 14.2 Å². The Morgan fingerprint density at radius 3 is 2.70 bits per heavy atom. The first kappa shape index (κ1) is 18.5. The van der Waals surface area contributed by atoms with Crippen molar-refractivity contribution in [2.24, 2.45) is 12.5 Å². The van der Waals surface area contributed by atoms with Crippen LogP contribution in [0.15, 0.2) is 30.3 Å². The number of fused-ring (bicyclic) bond motifs is 1. The van der Waals surface area contributed by atoms with E-state index < -0.39 is 0 Å². The minimum absolute atomic E-state index is 0.208. The van der Waals surface area contributed by atoms with Gasteiger partial charge in [-0.3, -0.25) is 9.69 Å². The predicted molar refractivity (Wildman–Crippen MR) is 108 cm³/mol. The second kappa shape index (κ2) is 7.64. The number of carbonyl (C=O) groups is 1. The van der Waals surface area contributed by atoms with Gasteiger partial charge in [-0.2, -0.15) is 0 Å². The molecule has 2 aromatic rings. The van der Waals surface area contributed by atoms with Gasteiger partial charge in [0.15, 0.2) is 0 Å². The van der Waals surface area contributed by atoms with Crippen LogP contribution in [0.3, 0.4) is 0 Å². The summed E-state index contributed by atoms with van der Waals surface area (Å²) in [6, 6.07) is 10.9. The summed E-state index contributed by atoms with van der Waals surface area (Å²) >= 11 is 0. The molecule has 0 radical (unpaired) electrons. The molecule has 0 unspecified atom stereocenters. The number of piperidine rings is 1. The molecule has 2 aliphatic heterocycles. The number of rotatable bonds is 6. The second-order valence-corrected chi connectivity index (χ2v) is 8.37. The molecule has 1 amide bonds. The zero-order chi connectivity index (χ0) is 18.9. The molecule has 5 heteroatoms. The first-order valence-electron chi connectivity index (χ1n) is 10.1. The summed E-state index contributed by atoms with van der Waals surface area (Å²) in [4.78, 5) is 17.0. The number of amides is 1. The highest BCUT2D eigenvalue weighted by atomic mass is 16.5. The Morgan fingerprint density at radius 1 is 1.19 bits per heavy atom. The van der Waals surface area contributed by atoms with Crippen molar-refractivity contribution in [1.82, 2.24) is 14.4 Å². The molecule has 0 atom stereocenters. The molecule has 1 aromatic carbocycles. The van der Waals surface area contributed by atoms with Crippen molar-refractivity contribution in [3.8, 4) is 0 Å². The molecule has 4 rings (SSSR count). The lowest BCUT2D eigenvalue weighted by molar-refractivity contribution is -0.128. The van der Waals surface area contributed by atoms with Gasteiger partial charge in [-0.1, -0.05) is 18.2 Å². The molecule has 1 spiro atoms. The number of aromatic nitrogens is 1. The van der Waals surface area contributed by atoms with Crippen molar-refractivity contribution in [3.05, 3.63) is 36.0 Å². The average Bonchev–Trinajstić information content (AvgIpc) is 3.15. The van der Waals surface area contributed by atoms with E-state index in [1.54, 1.807) is 7.11 Å². The van der Waals surface area contributed by atoms with E-state index in [1.807, 2.05) is 0 Å². The Bertz CT molecular complexity index is 805.